The number of carboxylic acid groups (broad SMARTS) is 1. The van der Waals surface area contributed by atoms with E-state index in [0.29, 0.717) is 13.0 Å². The maximum Gasteiger partial charge on any atom is 0.308 e. The van der Waals surface area contributed by atoms with E-state index < -0.39 is 11.9 Å². The minimum absolute atomic E-state index is 0.00000472. The topological polar surface area (TPSA) is 57.6 Å². The van der Waals surface area contributed by atoms with Gasteiger partial charge in [-0.1, -0.05) is 13.8 Å². The van der Waals surface area contributed by atoms with E-state index in [4.69, 9.17) is 5.11 Å². The Balaban J connectivity index is 2.67. The van der Waals surface area contributed by atoms with Gasteiger partial charge in [0.15, 0.2) is 0 Å². The third kappa shape index (κ3) is 2.30. The van der Waals surface area contributed by atoms with Crippen molar-refractivity contribution in [3.63, 3.8) is 0 Å². The fourth-order valence-corrected chi connectivity index (χ4v) is 2.04. The Morgan fingerprint density at radius 1 is 1.53 bits per heavy atom. The number of likely N-dealkylation sites (tertiary alicyclic amines) is 1. The number of carbonyl (C=O) groups excluding carboxylic acids is 1. The predicted molar refractivity (Wildman–Crippen MR) is 56.4 cm³/mol. The average Bonchev–Trinajstić information content (AvgIpc) is 2.57. The van der Waals surface area contributed by atoms with Crippen molar-refractivity contribution in [2.75, 3.05) is 6.54 Å². The van der Waals surface area contributed by atoms with Gasteiger partial charge in [-0.15, -0.1) is 0 Å². The summed E-state index contributed by atoms with van der Waals surface area (Å²) in [5, 5.41) is 8.94. The van der Waals surface area contributed by atoms with Gasteiger partial charge in [0, 0.05) is 18.5 Å². The molecule has 15 heavy (non-hydrogen) atoms. The van der Waals surface area contributed by atoms with Crippen LogP contribution in [0.1, 0.15) is 33.6 Å². The number of aliphatic carboxylic acids is 1. The summed E-state index contributed by atoms with van der Waals surface area (Å²) >= 11 is 0. The Hall–Kier alpha value is -1.06. The van der Waals surface area contributed by atoms with Gasteiger partial charge < -0.3 is 10.0 Å². The van der Waals surface area contributed by atoms with Gasteiger partial charge in [0.1, 0.15) is 0 Å². The van der Waals surface area contributed by atoms with Crippen LogP contribution in [0.3, 0.4) is 0 Å². The Bertz CT molecular complexity index is 265. The summed E-state index contributed by atoms with van der Waals surface area (Å²) in [6.07, 6.45) is 1.39. The van der Waals surface area contributed by atoms with E-state index in [9.17, 15) is 9.59 Å². The van der Waals surface area contributed by atoms with Crippen LogP contribution in [-0.4, -0.2) is 34.5 Å². The molecule has 1 aliphatic rings. The van der Waals surface area contributed by atoms with Crippen LogP contribution in [0.5, 0.6) is 0 Å². The summed E-state index contributed by atoms with van der Waals surface area (Å²) in [5.74, 6) is -1.09. The summed E-state index contributed by atoms with van der Waals surface area (Å²) in [5.41, 5.74) is 0. The van der Waals surface area contributed by atoms with Crippen LogP contribution in [0.15, 0.2) is 0 Å². The lowest BCUT2D eigenvalue weighted by Crippen LogP contribution is -2.40. The molecule has 0 spiro atoms. The molecular weight excluding hydrogens is 194 g/mol. The fraction of sp³-hybridized carbons (Fsp3) is 0.818. The van der Waals surface area contributed by atoms with Gasteiger partial charge in [-0.05, 0) is 19.8 Å². The number of rotatable bonds is 3. The molecule has 4 heteroatoms. The number of carbonyl (C=O) groups is 2. The van der Waals surface area contributed by atoms with Crippen molar-refractivity contribution in [3.8, 4) is 0 Å². The van der Waals surface area contributed by atoms with E-state index in [-0.39, 0.29) is 17.9 Å². The van der Waals surface area contributed by atoms with Crippen LogP contribution in [0.4, 0.5) is 0 Å². The second kappa shape index (κ2) is 4.64. The predicted octanol–water partition coefficient (Wildman–Crippen LogP) is 1.35. The zero-order valence-electron chi connectivity index (χ0n) is 9.56. The van der Waals surface area contributed by atoms with Gasteiger partial charge in [-0.2, -0.15) is 0 Å². The Kier molecular flexibility index (Phi) is 3.72. The molecule has 1 aliphatic heterocycles. The van der Waals surface area contributed by atoms with E-state index in [2.05, 4.69) is 0 Å². The fourth-order valence-electron chi connectivity index (χ4n) is 2.04. The Morgan fingerprint density at radius 2 is 2.13 bits per heavy atom. The third-order valence-corrected chi connectivity index (χ3v) is 3.39. The lowest BCUT2D eigenvalue weighted by molar-refractivity contribution is -0.143. The van der Waals surface area contributed by atoms with Crippen LogP contribution >= 0.6 is 0 Å². The van der Waals surface area contributed by atoms with Gasteiger partial charge >= 0.3 is 5.97 Å². The third-order valence-electron chi connectivity index (χ3n) is 3.39. The van der Waals surface area contributed by atoms with Crippen LogP contribution in [-0.2, 0) is 9.59 Å². The first-order chi connectivity index (χ1) is 6.99. The van der Waals surface area contributed by atoms with Gasteiger partial charge in [-0.3, -0.25) is 9.59 Å². The second-order valence-electron chi connectivity index (χ2n) is 4.31. The first-order valence-corrected chi connectivity index (χ1v) is 5.52. The summed E-state index contributed by atoms with van der Waals surface area (Å²) in [7, 11) is 0. The summed E-state index contributed by atoms with van der Waals surface area (Å²) in [6.45, 7) is 6.27. The van der Waals surface area contributed by atoms with Crippen molar-refractivity contribution >= 4 is 11.9 Å². The molecule has 1 N–H and O–H groups in total. The standard InChI is InChI=1S/C11H19NO3/c1-4-7(2)10(13)12-6-5-9(8(12)3)11(14)15/h7-9H,4-6H2,1-3H3,(H,14,15). The van der Waals surface area contributed by atoms with Crippen molar-refractivity contribution in [2.24, 2.45) is 11.8 Å². The first-order valence-electron chi connectivity index (χ1n) is 5.52. The zero-order chi connectivity index (χ0) is 11.6. The molecule has 1 amide bonds. The number of carboxylic acids is 1. The molecule has 1 saturated heterocycles. The highest BCUT2D eigenvalue weighted by atomic mass is 16.4. The maximum absolute atomic E-state index is 11.9. The minimum Gasteiger partial charge on any atom is -0.481 e. The van der Waals surface area contributed by atoms with E-state index in [1.807, 2.05) is 20.8 Å². The SMILES string of the molecule is CCC(C)C(=O)N1CCC(C(=O)O)C1C. The number of hydrogen-bond acceptors (Lipinski definition) is 2. The zero-order valence-corrected chi connectivity index (χ0v) is 9.56. The van der Waals surface area contributed by atoms with Crippen molar-refractivity contribution in [1.82, 2.24) is 4.90 Å². The maximum atomic E-state index is 11.9. The van der Waals surface area contributed by atoms with Crippen molar-refractivity contribution in [3.05, 3.63) is 0 Å². The molecule has 0 bridgehead atoms. The van der Waals surface area contributed by atoms with E-state index in [1.165, 1.54) is 0 Å². The minimum atomic E-state index is -0.790. The highest BCUT2D eigenvalue weighted by Crippen LogP contribution is 2.26. The molecule has 86 valence electrons. The van der Waals surface area contributed by atoms with E-state index in [0.717, 1.165) is 6.42 Å². The van der Waals surface area contributed by atoms with Gasteiger partial charge in [0.05, 0.1) is 5.92 Å². The smallest absolute Gasteiger partial charge is 0.308 e. The molecule has 3 unspecified atom stereocenters. The molecular formula is C11H19NO3. The Labute approximate surface area is 90.3 Å². The normalized spacial score (nSPS) is 27.8. The van der Waals surface area contributed by atoms with Crippen LogP contribution in [0.25, 0.3) is 0 Å². The molecule has 3 atom stereocenters. The highest BCUT2D eigenvalue weighted by molar-refractivity contribution is 5.81. The van der Waals surface area contributed by atoms with E-state index in [1.54, 1.807) is 4.90 Å². The monoisotopic (exact) mass is 213 g/mol. The number of hydrogen-bond donors (Lipinski definition) is 1. The second-order valence-corrected chi connectivity index (χ2v) is 4.31. The molecule has 0 aromatic rings. The quantitative estimate of drug-likeness (QED) is 0.770. The summed E-state index contributed by atoms with van der Waals surface area (Å²) in [6, 6.07) is -0.163. The van der Waals surface area contributed by atoms with Crippen molar-refractivity contribution in [1.29, 1.82) is 0 Å². The Morgan fingerprint density at radius 3 is 2.53 bits per heavy atom. The van der Waals surface area contributed by atoms with Gasteiger partial charge in [-0.25, -0.2) is 0 Å². The van der Waals surface area contributed by atoms with Gasteiger partial charge in [0.25, 0.3) is 0 Å². The number of amides is 1. The largest absolute Gasteiger partial charge is 0.481 e. The van der Waals surface area contributed by atoms with Crippen molar-refractivity contribution < 1.29 is 14.7 Å². The number of nitrogens with zero attached hydrogens (tertiary/aromatic N) is 1. The average molecular weight is 213 g/mol. The molecule has 0 saturated carbocycles. The van der Waals surface area contributed by atoms with Crippen LogP contribution < -0.4 is 0 Å². The first kappa shape index (κ1) is 12.0. The lowest BCUT2D eigenvalue weighted by Gasteiger charge is -2.25. The van der Waals surface area contributed by atoms with E-state index >= 15 is 0 Å². The van der Waals surface area contributed by atoms with Crippen molar-refractivity contribution in [2.45, 2.75) is 39.7 Å². The molecule has 0 aromatic heterocycles. The summed E-state index contributed by atoms with van der Waals surface area (Å²) < 4.78 is 0. The van der Waals surface area contributed by atoms with Gasteiger partial charge in [0.2, 0.25) is 5.91 Å². The molecule has 1 rings (SSSR count). The lowest BCUT2D eigenvalue weighted by atomic mass is 10.0. The highest BCUT2D eigenvalue weighted by Gasteiger charge is 2.38. The molecule has 1 heterocycles. The van der Waals surface area contributed by atoms with Crippen LogP contribution in [0.2, 0.25) is 0 Å². The molecule has 0 aromatic carbocycles. The van der Waals surface area contributed by atoms with Crippen LogP contribution in [0, 0.1) is 11.8 Å². The molecule has 4 nitrogen and oxygen atoms in total. The summed E-state index contributed by atoms with van der Waals surface area (Å²) in [4.78, 5) is 24.5. The molecule has 1 fully saturated rings. The molecule has 0 radical (unpaired) electrons. The molecule has 0 aliphatic carbocycles.